The second-order valence-corrected chi connectivity index (χ2v) is 5.94. The molecule has 1 amide bonds. The molecule has 0 rings (SSSR count). The molecule has 0 aromatic rings. The van der Waals surface area contributed by atoms with E-state index in [-0.39, 0.29) is 12.3 Å². The van der Waals surface area contributed by atoms with Crippen molar-refractivity contribution in [2.75, 3.05) is 18.6 Å². The molecule has 0 bridgehead atoms. The van der Waals surface area contributed by atoms with E-state index in [1.54, 1.807) is 6.92 Å². The fourth-order valence-corrected chi connectivity index (χ4v) is 1.31. The number of nitriles is 1. The summed E-state index contributed by atoms with van der Waals surface area (Å²) in [5.74, 6) is -0.527. The first-order chi connectivity index (χ1) is 6.75. The summed E-state index contributed by atoms with van der Waals surface area (Å²) in [6.45, 7) is 3.32. The standard InChI is InChI=1S/C9H16N2O3S/c1-4-9(2,7-10)8(12)11-5-6-15(3,13)14/h4-6H2,1-3H3,(H,11,12). The molecule has 1 atom stereocenters. The topological polar surface area (TPSA) is 87.0 Å². The summed E-state index contributed by atoms with van der Waals surface area (Å²) in [4.78, 5) is 11.5. The maximum absolute atomic E-state index is 11.5. The molecule has 0 saturated carbocycles. The van der Waals surface area contributed by atoms with Crippen molar-refractivity contribution in [3.05, 3.63) is 0 Å². The Balaban J connectivity index is 4.23. The number of hydrogen-bond donors (Lipinski definition) is 1. The normalized spacial score (nSPS) is 15.1. The number of amides is 1. The minimum Gasteiger partial charge on any atom is -0.354 e. The van der Waals surface area contributed by atoms with Gasteiger partial charge in [0.05, 0.1) is 11.8 Å². The Morgan fingerprint density at radius 3 is 2.40 bits per heavy atom. The molecule has 86 valence electrons. The second kappa shape index (κ2) is 5.12. The summed E-state index contributed by atoms with van der Waals surface area (Å²) in [5.41, 5.74) is -1.07. The summed E-state index contributed by atoms with van der Waals surface area (Å²) in [7, 11) is -3.08. The molecular formula is C9H16N2O3S. The SMILES string of the molecule is CCC(C)(C#N)C(=O)NCCS(C)(=O)=O. The van der Waals surface area contributed by atoms with E-state index in [0.717, 1.165) is 6.26 Å². The van der Waals surface area contributed by atoms with Crippen LogP contribution in [0.5, 0.6) is 0 Å². The molecular weight excluding hydrogens is 216 g/mol. The zero-order valence-electron chi connectivity index (χ0n) is 9.20. The zero-order valence-corrected chi connectivity index (χ0v) is 10.0. The lowest BCUT2D eigenvalue weighted by Gasteiger charge is -2.18. The summed E-state index contributed by atoms with van der Waals surface area (Å²) in [6, 6.07) is 1.91. The predicted octanol–water partition coefficient (Wildman–Crippen LogP) is 0.0871. The van der Waals surface area contributed by atoms with Gasteiger partial charge < -0.3 is 5.32 Å². The molecule has 5 nitrogen and oxygen atoms in total. The number of carbonyl (C=O) groups excluding carboxylic acids is 1. The van der Waals surface area contributed by atoms with Crippen molar-refractivity contribution in [1.82, 2.24) is 5.32 Å². The third kappa shape index (κ3) is 4.79. The van der Waals surface area contributed by atoms with Crippen molar-refractivity contribution in [2.45, 2.75) is 20.3 Å². The van der Waals surface area contributed by atoms with Gasteiger partial charge in [0.15, 0.2) is 0 Å². The Bertz CT molecular complexity index is 369. The quantitative estimate of drug-likeness (QED) is 0.727. The van der Waals surface area contributed by atoms with Crippen molar-refractivity contribution in [3.8, 4) is 6.07 Å². The van der Waals surface area contributed by atoms with Crippen molar-refractivity contribution >= 4 is 15.7 Å². The fourth-order valence-electron chi connectivity index (χ4n) is 0.835. The molecule has 0 fully saturated rings. The summed E-state index contributed by atoms with van der Waals surface area (Å²) in [6.07, 6.45) is 1.50. The van der Waals surface area contributed by atoms with Crippen LogP contribution in [-0.2, 0) is 14.6 Å². The number of nitrogens with zero attached hydrogens (tertiary/aromatic N) is 1. The maximum Gasteiger partial charge on any atom is 0.240 e. The molecule has 0 spiro atoms. The Hall–Kier alpha value is -1.09. The molecule has 1 unspecified atom stereocenters. The third-order valence-corrected chi connectivity index (χ3v) is 3.16. The third-order valence-electron chi connectivity index (χ3n) is 2.21. The molecule has 0 aliphatic rings. The van der Waals surface area contributed by atoms with Crippen LogP contribution < -0.4 is 5.32 Å². The Morgan fingerprint density at radius 1 is 1.53 bits per heavy atom. The van der Waals surface area contributed by atoms with Gasteiger partial charge in [-0.15, -0.1) is 0 Å². The Kier molecular flexibility index (Phi) is 4.75. The molecule has 0 aromatic heterocycles. The van der Waals surface area contributed by atoms with E-state index < -0.39 is 21.2 Å². The first-order valence-electron chi connectivity index (χ1n) is 4.62. The van der Waals surface area contributed by atoms with Gasteiger partial charge in [0, 0.05) is 12.8 Å². The monoisotopic (exact) mass is 232 g/mol. The lowest BCUT2D eigenvalue weighted by atomic mass is 9.88. The number of carbonyl (C=O) groups is 1. The van der Waals surface area contributed by atoms with Gasteiger partial charge in [0.2, 0.25) is 5.91 Å². The van der Waals surface area contributed by atoms with Gasteiger partial charge in [0.1, 0.15) is 15.3 Å². The Morgan fingerprint density at radius 2 is 2.07 bits per heavy atom. The first-order valence-corrected chi connectivity index (χ1v) is 6.68. The van der Waals surface area contributed by atoms with Crippen LogP contribution >= 0.6 is 0 Å². The highest BCUT2D eigenvalue weighted by Crippen LogP contribution is 2.19. The van der Waals surface area contributed by atoms with Crippen molar-refractivity contribution in [2.24, 2.45) is 5.41 Å². The average Bonchev–Trinajstić information content (AvgIpc) is 2.14. The van der Waals surface area contributed by atoms with Crippen LogP contribution in [0.2, 0.25) is 0 Å². The van der Waals surface area contributed by atoms with Crippen LogP contribution in [0.3, 0.4) is 0 Å². The first kappa shape index (κ1) is 13.9. The minimum atomic E-state index is -3.08. The fraction of sp³-hybridized carbons (Fsp3) is 0.778. The van der Waals surface area contributed by atoms with Crippen LogP contribution in [0.1, 0.15) is 20.3 Å². The average molecular weight is 232 g/mol. The largest absolute Gasteiger partial charge is 0.354 e. The highest BCUT2D eigenvalue weighted by Gasteiger charge is 2.30. The van der Waals surface area contributed by atoms with Crippen LogP contribution in [0.4, 0.5) is 0 Å². The molecule has 0 heterocycles. The van der Waals surface area contributed by atoms with Gasteiger partial charge in [-0.2, -0.15) is 5.26 Å². The number of hydrogen-bond acceptors (Lipinski definition) is 4. The zero-order chi connectivity index (χ0) is 12.1. The van der Waals surface area contributed by atoms with Crippen LogP contribution in [0.15, 0.2) is 0 Å². The molecule has 0 aromatic carbocycles. The predicted molar refractivity (Wildman–Crippen MR) is 56.7 cm³/mol. The maximum atomic E-state index is 11.5. The van der Waals surface area contributed by atoms with Gasteiger partial charge >= 0.3 is 0 Å². The molecule has 1 N–H and O–H groups in total. The number of rotatable bonds is 5. The van der Waals surface area contributed by atoms with E-state index in [1.165, 1.54) is 6.92 Å². The number of sulfone groups is 1. The highest BCUT2D eigenvalue weighted by molar-refractivity contribution is 7.90. The molecule has 0 saturated heterocycles. The molecule has 0 radical (unpaired) electrons. The van der Waals surface area contributed by atoms with Crippen LogP contribution in [0.25, 0.3) is 0 Å². The van der Waals surface area contributed by atoms with Crippen molar-refractivity contribution in [1.29, 1.82) is 5.26 Å². The summed E-state index contributed by atoms with van der Waals surface area (Å²) in [5, 5.41) is 11.2. The molecule has 0 aliphatic carbocycles. The molecule has 0 aliphatic heterocycles. The minimum absolute atomic E-state index is 0.0505. The van der Waals surface area contributed by atoms with E-state index in [2.05, 4.69) is 5.32 Å². The van der Waals surface area contributed by atoms with E-state index >= 15 is 0 Å². The smallest absolute Gasteiger partial charge is 0.240 e. The highest BCUT2D eigenvalue weighted by atomic mass is 32.2. The van der Waals surface area contributed by atoms with E-state index in [9.17, 15) is 13.2 Å². The lowest BCUT2D eigenvalue weighted by molar-refractivity contribution is -0.127. The Labute approximate surface area is 90.4 Å². The second-order valence-electron chi connectivity index (χ2n) is 3.68. The van der Waals surface area contributed by atoms with Gasteiger partial charge in [-0.1, -0.05) is 6.92 Å². The van der Waals surface area contributed by atoms with E-state index in [1.807, 2.05) is 6.07 Å². The molecule has 15 heavy (non-hydrogen) atoms. The van der Waals surface area contributed by atoms with Crippen LogP contribution in [0, 0.1) is 16.7 Å². The van der Waals surface area contributed by atoms with Gasteiger partial charge in [-0.05, 0) is 13.3 Å². The van der Waals surface area contributed by atoms with Gasteiger partial charge in [-0.25, -0.2) is 8.42 Å². The lowest BCUT2D eigenvalue weighted by Crippen LogP contribution is -2.39. The number of nitrogens with one attached hydrogen (secondary N) is 1. The van der Waals surface area contributed by atoms with E-state index in [4.69, 9.17) is 5.26 Å². The summed E-state index contributed by atoms with van der Waals surface area (Å²) < 4.78 is 21.6. The van der Waals surface area contributed by atoms with Gasteiger partial charge in [0.25, 0.3) is 0 Å². The summed E-state index contributed by atoms with van der Waals surface area (Å²) >= 11 is 0. The van der Waals surface area contributed by atoms with Gasteiger partial charge in [-0.3, -0.25) is 4.79 Å². The van der Waals surface area contributed by atoms with E-state index in [0.29, 0.717) is 6.42 Å². The molecule has 6 heteroatoms. The van der Waals surface area contributed by atoms with Crippen LogP contribution in [-0.4, -0.2) is 32.9 Å². The van der Waals surface area contributed by atoms with Crippen molar-refractivity contribution in [3.63, 3.8) is 0 Å². The van der Waals surface area contributed by atoms with Crippen molar-refractivity contribution < 1.29 is 13.2 Å².